The average molecular weight is 250 g/mol. The Kier molecular flexibility index (Phi) is 4.44. The van der Waals surface area contributed by atoms with Gasteiger partial charge in [-0.1, -0.05) is 0 Å². The largest absolute Gasteiger partial charge is 0.497 e. The van der Waals surface area contributed by atoms with Crippen molar-refractivity contribution < 1.29 is 9.47 Å². The number of piperidine rings is 1. The number of nitrogens with zero attached hydrogens (tertiary/aromatic N) is 1. The summed E-state index contributed by atoms with van der Waals surface area (Å²) in [6.07, 6.45) is 2.72. The highest BCUT2D eigenvalue weighted by atomic mass is 16.5. The number of nitrogen functional groups attached to an aromatic ring is 1. The molecule has 1 aromatic rings. The molecule has 1 atom stereocenters. The van der Waals surface area contributed by atoms with E-state index in [1.807, 2.05) is 18.2 Å². The van der Waals surface area contributed by atoms with Crippen LogP contribution in [-0.2, 0) is 11.3 Å². The summed E-state index contributed by atoms with van der Waals surface area (Å²) < 4.78 is 10.7. The van der Waals surface area contributed by atoms with Crippen molar-refractivity contribution in [1.82, 2.24) is 4.90 Å². The number of anilines is 1. The van der Waals surface area contributed by atoms with E-state index in [1.54, 1.807) is 14.2 Å². The Bertz CT molecular complexity index is 395. The second kappa shape index (κ2) is 6.07. The molecule has 0 radical (unpaired) electrons. The van der Waals surface area contributed by atoms with Crippen molar-refractivity contribution in [2.45, 2.75) is 25.5 Å². The zero-order valence-corrected chi connectivity index (χ0v) is 11.2. The monoisotopic (exact) mass is 250 g/mol. The summed E-state index contributed by atoms with van der Waals surface area (Å²) in [5, 5.41) is 0. The molecule has 100 valence electrons. The number of methoxy groups -OCH3 is 2. The predicted molar refractivity (Wildman–Crippen MR) is 72.7 cm³/mol. The van der Waals surface area contributed by atoms with E-state index in [-0.39, 0.29) is 0 Å². The fourth-order valence-corrected chi connectivity index (χ4v) is 2.50. The van der Waals surface area contributed by atoms with Crippen LogP contribution in [0.2, 0.25) is 0 Å². The van der Waals surface area contributed by atoms with Crippen molar-refractivity contribution in [2.24, 2.45) is 0 Å². The van der Waals surface area contributed by atoms with Gasteiger partial charge in [-0.2, -0.15) is 0 Å². The third-order valence-electron chi connectivity index (χ3n) is 3.43. The van der Waals surface area contributed by atoms with E-state index in [0.29, 0.717) is 6.10 Å². The lowest BCUT2D eigenvalue weighted by atomic mass is 10.1. The number of hydrogen-bond donors (Lipinski definition) is 1. The molecule has 4 nitrogen and oxygen atoms in total. The van der Waals surface area contributed by atoms with Crippen molar-refractivity contribution in [3.05, 3.63) is 23.8 Å². The van der Waals surface area contributed by atoms with Gasteiger partial charge in [-0.3, -0.25) is 4.90 Å². The van der Waals surface area contributed by atoms with Gasteiger partial charge in [-0.25, -0.2) is 0 Å². The molecule has 0 aromatic heterocycles. The van der Waals surface area contributed by atoms with Crippen LogP contribution in [0.4, 0.5) is 5.69 Å². The van der Waals surface area contributed by atoms with Gasteiger partial charge >= 0.3 is 0 Å². The number of nitrogens with two attached hydrogens (primary N) is 1. The normalized spacial score (nSPS) is 20.9. The second-order valence-electron chi connectivity index (χ2n) is 4.85. The van der Waals surface area contributed by atoms with E-state index in [4.69, 9.17) is 15.2 Å². The molecule has 4 heteroatoms. The molecule has 1 unspecified atom stereocenters. The standard InChI is InChI=1S/C14H22N2O2/c1-17-13-4-3-5-16(10-13)9-11-6-12(15)8-14(7-11)18-2/h6-8,13H,3-5,9-10,15H2,1-2H3. The second-order valence-corrected chi connectivity index (χ2v) is 4.85. The number of rotatable bonds is 4. The van der Waals surface area contributed by atoms with Crippen LogP contribution in [0.1, 0.15) is 18.4 Å². The van der Waals surface area contributed by atoms with E-state index in [0.717, 1.165) is 37.5 Å². The molecule has 0 amide bonds. The highest BCUT2D eigenvalue weighted by Crippen LogP contribution is 2.21. The smallest absolute Gasteiger partial charge is 0.121 e. The molecule has 1 aliphatic heterocycles. The van der Waals surface area contributed by atoms with Gasteiger partial charge in [0.1, 0.15) is 5.75 Å². The minimum Gasteiger partial charge on any atom is -0.497 e. The van der Waals surface area contributed by atoms with Gasteiger partial charge in [0.25, 0.3) is 0 Å². The first kappa shape index (κ1) is 13.2. The first-order chi connectivity index (χ1) is 8.71. The highest BCUT2D eigenvalue weighted by Gasteiger charge is 2.19. The van der Waals surface area contributed by atoms with Crippen molar-refractivity contribution in [2.75, 3.05) is 33.0 Å². The Balaban J connectivity index is 2.02. The van der Waals surface area contributed by atoms with Crippen molar-refractivity contribution in [3.8, 4) is 5.75 Å². The van der Waals surface area contributed by atoms with E-state index in [2.05, 4.69) is 4.90 Å². The van der Waals surface area contributed by atoms with Gasteiger partial charge < -0.3 is 15.2 Å². The third-order valence-corrected chi connectivity index (χ3v) is 3.43. The molecule has 1 heterocycles. The Morgan fingerprint density at radius 2 is 2.17 bits per heavy atom. The van der Waals surface area contributed by atoms with Crippen LogP contribution in [0.5, 0.6) is 5.75 Å². The molecule has 0 spiro atoms. The van der Waals surface area contributed by atoms with Gasteiger partial charge in [-0.15, -0.1) is 0 Å². The predicted octanol–water partition coefficient (Wildman–Crippen LogP) is 1.89. The van der Waals surface area contributed by atoms with Crippen LogP contribution in [0.15, 0.2) is 18.2 Å². The molecule has 2 N–H and O–H groups in total. The summed E-state index contributed by atoms with van der Waals surface area (Å²) in [7, 11) is 3.46. The lowest BCUT2D eigenvalue weighted by Crippen LogP contribution is -2.38. The van der Waals surface area contributed by atoms with Gasteiger partial charge in [0.2, 0.25) is 0 Å². The summed E-state index contributed by atoms with van der Waals surface area (Å²) in [6.45, 7) is 3.02. The minimum absolute atomic E-state index is 0.363. The fourth-order valence-electron chi connectivity index (χ4n) is 2.50. The SMILES string of the molecule is COc1cc(N)cc(CN2CCCC(OC)C2)c1. The summed E-state index contributed by atoms with van der Waals surface area (Å²) >= 11 is 0. The topological polar surface area (TPSA) is 47.7 Å². The van der Waals surface area contributed by atoms with Crippen LogP contribution in [0, 0.1) is 0 Å². The summed E-state index contributed by atoms with van der Waals surface area (Å²) in [4.78, 5) is 2.41. The summed E-state index contributed by atoms with van der Waals surface area (Å²) in [5.41, 5.74) is 7.82. The first-order valence-electron chi connectivity index (χ1n) is 6.40. The first-order valence-corrected chi connectivity index (χ1v) is 6.40. The van der Waals surface area contributed by atoms with Crippen LogP contribution in [0.3, 0.4) is 0 Å². The molecule has 0 saturated carbocycles. The lowest BCUT2D eigenvalue weighted by Gasteiger charge is -2.31. The Labute approximate surface area is 109 Å². The number of likely N-dealkylation sites (tertiary alicyclic amines) is 1. The molecule has 18 heavy (non-hydrogen) atoms. The molecule has 0 bridgehead atoms. The molecule has 0 aliphatic carbocycles. The Morgan fingerprint density at radius 1 is 1.33 bits per heavy atom. The fraction of sp³-hybridized carbons (Fsp3) is 0.571. The van der Waals surface area contributed by atoms with Crippen LogP contribution in [-0.4, -0.2) is 38.3 Å². The van der Waals surface area contributed by atoms with Crippen LogP contribution < -0.4 is 10.5 Å². The molecular weight excluding hydrogens is 228 g/mol. The van der Waals surface area contributed by atoms with Crippen molar-refractivity contribution in [1.29, 1.82) is 0 Å². The zero-order chi connectivity index (χ0) is 13.0. The third kappa shape index (κ3) is 3.37. The number of ether oxygens (including phenoxy) is 2. The van der Waals surface area contributed by atoms with Gasteiger partial charge in [-0.05, 0) is 37.1 Å². The number of hydrogen-bond acceptors (Lipinski definition) is 4. The van der Waals surface area contributed by atoms with Gasteiger partial charge in [0, 0.05) is 32.0 Å². The Morgan fingerprint density at radius 3 is 2.89 bits per heavy atom. The van der Waals surface area contributed by atoms with Crippen molar-refractivity contribution >= 4 is 5.69 Å². The maximum Gasteiger partial charge on any atom is 0.121 e. The van der Waals surface area contributed by atoms with Crippen LogP contribution >= 0.6 is 0 Å². The van der Waals surface area contributed by atoms with E-state index in [1.165, 1.54) is 12.0 Å². The quantitative estimate of drug-likeness (QED) is 0.829. The van der Waals surface area contributed by atoms with Gasteiger partial charge in [0.15, 0.2) is 0 Å². The highest BCUT2D eigenvalue weighted by molar-refractivity contribution is 5.47. The molecule has 1 aromatic carbocycles. The maximum absolute atomic E-state index is 5.87. The summed E-state index contributed by atoms with van der Waals surface area (Å²) in [5.74, 6) is 0.824. The molecule has 1 fully saturated rings. The molecular formula is C14H22N2O2. The van der Waals surface area contributed by atoms with E-state index < -0.39 is 0 Å². The molecule has 2 rings (SSSR count). The van der Waals surface area contributed by atoms with Crippen LogP contribution in [0.25, 0.3) is 0 Å². The molecule has 1 aliphatic rings. The molecule has 1 saturated heterocycles. The summed E-state index contributed by atoms with van der Waals surface area (Å²) in [6, 6.07) is 5.91. The zero-order valence-electron chi connectivity index (χ0n) is 11.2. The van der Waals surface area contributed by atoms with E-state index in [9.17, 15) is 0 Å². The maximum atomic E-state index is 5.87. The van der Waals surface area contributed by atoms with Crippen molar-refractivity contribution in [3.63, 3.8) is 0 Å². The van der Waals surface area contributed by atoms with E-state index >= 15 is 0 Å². The Hall–Kier alpha value is -1.26. The van der Waals surface area contributed by atoms with Gasteiger partial charge in [0.05, 0.1) is 13.2 Å². The average Bonchev–Trinajstić information content (AvgIpc) is 2.38. The number of benzene rings is 1. The minimum atomic E-state index is 0.363. The lowest BCUT2D eigenvalue weighted by molar-refractivity contribution is 0.0285.